The van der Waals surface area contributed by atoms with E-state index in [1.54, 1.807) is 13.2 Å². The van der Waals surface area contributed by atoms with E-state index in [4.69, 9.17) is 4.74 Å². The number of amides is 1. The number of anilines is 1. The number of benzene rings is 3. The van der Waals surface area contributed by atoms with Gasteiger partial charge in [0.2, 0.25) is 0 Å². The van der Waals surface area contributed by atoms with Crippen LogP contribution >= 0.6 is 0 Å². The number of carbonyl (C=O) groups is 1. The zero-order chi connectivity index (χ0) is 23.1. The number of ether oxygens (including phenoxy) is 1. The normalized spacial score (nSPS) is 11.0. The molecule has 0 bridgehead atoms. The van der Waals surface area contributed by atoms with Gasteiger partial charge < -0.3 is 10.1 Å². The number of nitriles is 1. The Hall–Kier alpha value is -3.84. The van der Waals surface area contributed by atoms with E-state index in [-0.39, 0.29) is 5.57 Å². The fourth-order valence-corrected chi connectivity index (χ4v) is 3.84. The molecule has 162 valence electrons. The zero-order valence-electron chi connectivity index (χ0n) is 19.0. The molecule has 0 radical (unpaired) electrons. The van der Waals surface area contributed by atoms with Crippen LogP contribution in [0, 0.1) is 25.2 Å². The Labute approximate surface area is 190 Å². The van der Waals surface area contributed by atoms with Crippen molar-refractivity contribution < 1.29 is 9.53 Å². The molecule has 3 rings (SSSR count). The van der Waals surface area contributed by atoms with Gasteiger partial charge in [-0.25, -0.2) is 0 Å². The summed E-state index contributed by atoms with van der Waals surface area (Å²) in [5.74, 6) is 0.304. The number of nitrogens with zero attached hydrogens (tertiary/aromatic N) is 1. The first-order valence-electron chi connectivity index (χ1n) is 10.7. The molecule has 4 heteroatoms. The molecule has 32 heavy (non-hydrogen) atoms. The van der Waals surface area contributed by atoms with E-state index in [1.807, 2.05) is 55.5 Å². The maximum absolute atomic E-state index is 12.7. The summed E-state index contributed by atoms with van der Waals surface area (Å²) in [6.45, 7) is 6.21. The highest BCUT2D eigenvalue weighted by Gasteiger charge is 2.12. The van der Waals surface area contributed by atoms with Gasteiger partial charge in [0.05, 0.1) is 7.11 Å². The molecule has 0 aliphatic rings. The molecule has 3 aromatic carbocycles. The van der Waals surface area contributed by atoms with E-state index in [0.717, 1.165) is 41.0 Å². The highest BCUT2D eigenvalue weighted by atomic mass is 16.5. The van der Waals surface area contributed by atoms with Crippen molar-refractivity contribution in [3.8, 4) is 11.8 Å². The maximum atomic E-state index is 12.7. The first-order valence-corrected chi connectivity index (χ1v) is 10.7. The van der Waals surface area contributed by atoms with Gasteiger partial charge in [0.15, 0.2) is 0 Å². The highest BCUT2D eigenvalue weighted by molar-refractivity contribution is 6.10. The van der Waals surface area contributed by atoms with Crippen molar-refractivity contribution in [2.45, 2.75) is 33.6 Å². The molecule has 0 heterocycles. The van der Waals surface area contributed by atoms with Gasteiger partial charge in [-0.05, 0) is 60.7 Å². The van der Waals surface area contributed by atoms with Crippen molar-refractivity contribution in [2.24, 2.45) is 0 Å². The predicted molar refractivity (Wildman–Crippen MR) is 130 cm³/mol. The fraction of sp³-hybridized carbons (Fsp3) is 0.214. The monoisotopic (exact) mass is 424 g/mol. The van der Waals surface area contributed by atoms with Gasteiger partial charge in [-0.1, -0.05) is 66.6 Å². The first kappa shape index (κ1) is 22.8. The summed E-state index contributed by atoms with van der Waals surface area (Å²) >= 11 is 0. The quantitative estimate of drug-likeness (QED) is 0.373. The molecule has 0 aliphatic carbocycles. The van der Waals surface area contributed by atoms with Crippen molar-refractivity contribution >= 4 is 17.7 Å². The second-order valence-electron chi connectivity index (χ2n) is 7.88. The number of nitrogens with one attached hydrogen (secondary N) is 1. The lowest BCUT2D eigenvalue weighted by molar-refractivity contribution is -0.112. The molecule has 0 unspecified atom stereocenters. The summed E-state index contributed by atoms with van der Waals surface area (Å²) < 4.78 is 5.61. The average Bonchev–Trinajstić information content (AvgIpc) is 2.77. The third-order valence-electron chi connectivity index (χ3n) is 5.31. The Kier molecular flexibility index (Phi) is 7.46. The largest absolute Gasteiger partial charge is 0.496 e. The van der Waals surface area contributed by atoms with E-state index >= 15 is 0 Å². The van der Waals surface area contributed by atoms with Crippen LogP contribution in [0.5, 0.6) is 5.75 Å². The lowest BCUT2D eigenvalue weighted by Gasteiger charge is -2.12. The Morgan fingerprint density at radius 2 is 1.75 bits per heavy atom. The lowest BCUT2D eigenvalue weighted by Crippen LogP contribution is -2.14. The molecule has 1 amide bonds. The summed E-state index contributed by atoms with van der Waals surface area (Å²) in [5.41, 5.74) is 7.26. The summed E-state index contributed by atoms with van der Waals surface area (Å²) in [5, 5.41) is 12.4. The molecule has 3 aromatic rings. The van der Waals surface area contributed by atoms with Gasteiger partial charge in [-0.3, -0.25) is 4.79 Å². The van der Waals surface area contributed by atoms with Crippen LogP contribution in [0.25, 0.3) is 6.08 Å². The average molecular weight is 425 g/mol. The Morgan fingerprint density at radius 3 is 2.41 bits per heavy atom. The summed E-state index contributed by atoms with van der Waals surface area (Å²) in [6, 6.07) is 21.9. The van der Waals surface area contributed by atoms with E-state index < -0.39 is 5.91 Å². The van der Waals surface area contributed by atoms with E-state index in [0.29, 0.717) is 0 Å². The molecule has 0 saturated carbocycles. The molecular formula is C28H28N2O2. The van der Waals surface area contributed by atoms with Gasteiger partial charge in [-0.2, -0.15) is 5.26 Å². The Balaban J connectivity index is 1.84. The standard InChI is InChI=1S/C28H28N2O2/c1-5-23-8-6-7-9-26(23)30-28(31)25(18-29)15-21-10-11-24(27(17-21)32-4)16-22-13-19(2)12-20(3)14-22/h6-15,17H,5,16H2,1-4H3,(H,30,31)/b25-15+. The minimum atomic E-state index is -0.424. The van der Waals surface area contributed by atoms with Crippen molar-refractivity contribution in [2.75, 3.05) is 12.4 Å². The number of para-hydroxylation sites is 1. The van der Waals surface area contributed by atoms with Crippen LogP contribution in [0.2, 0.25) is 0 Å². The van der Waals surface area contributed by atoms with Gasteiger partial charge in [-0.15, -0.1) is 0 Å². The highest BCUT2D eigenvalue weighted by Crippen LogP contribution is 2.25. The van der Waals surface area contributed by atoms with Crippen LogP contribution in [0.1, 0.15) is 40.3 Å². The van der Waals surface area contributed by atoms with Crippen LogP contribution in [0.15, 0.2) is 66.2 Å². The number of rotatable bonds is 7. The minimum Gasteiger partial charge on any atom is -0.496 e. The van der Waals surface area contributed by atoms with Crippen LogP contribution in [0.4, 0.5) is 5.69 Å². The van der Waals surface area contributed by atoms with Gasteiger partial charge in [0.25, 0.3) is 5.91 Å². The predicted octanol–water partition coefficient (Wildman–Crippen LogP) is 6.01. The van der Waals surface area contributed by atoms with Crippen molar-refractivity contribution in [1.82, 2.24) is 0 Å². The SMILES string of the molecule is CCc1ccccc1NC(=O)/C(C#N)=C/c1ccc(Cc2cc(C)cc(C)c2)c(OC)c1. The maximum Gasteiger partial charge on any atom is 0.266 e. The molecular weight excluding hydrogens is 396 g/mol. The number of methoxy groups -OCH3 is 1. The summed E-state index contributed by atoms with van der Waals surface area (Å²) in [7, 11) is 1.63. The molecule has 4 nitrogen and oxygen atoms in total. The van der Waals surface area contributed by atoms with Gasteiger partial charge in [0, 0.05) is 12.1 Å². The van der Waals surface area contributed by atoms with Crippen molar-refractivity contribution in [1.29, 1.82) is 5.26 Å². The topological polar surface area (TPSA) is 62.1 Å². The lowest BCUT2D eigenvalue weighted by atomic mass is 9.98. The van der Waals surface area contributed by atoms with E-state index in [2.05, 4.69) is 37.4 Å². The van der Waals surface area contributed by atoms with Gasteiger partial charge >= 0.3 is 0 Å². The molecule has 0 aromatic heterocycles. The van der Waals surface area contributed by atoms with Gasteiger partial charge in [0.1, 0.15) is 17.4 Å². The number of hydrogen-bond donors (Lipinski definition) is 1. The van der Waals surface area contributed by atoms with Crippen molar-refractivity contribution in [3.05, 3.63) is 99.6 Å². The fourth-order valence-electron chi connectivity index (χ4n) is 3.84. The molecule has 0 saturated heterocycles. The molecule has 1 N–H and O–H groups in total. The third kappa shape index (κ3) is 5.65. The number of carbonyl (C=O) groups excluding carboxylic acids is 1. The number of aryl methyl sites for hydroxylation is 3. The van der Waals surface area contributed by atoms with Crippen LogP contribution in [0.3, 0.4) is 0 Å². The van der Waals surface area contributed by atoms with Crippen molar-refractivity contribution in [3.63, 3.8) is 0 Å². The number of hydrogen-bond acceptors (Lipinski definition) is 3. The zero-order valence-corrected chi connectivity index (χ0v) is 19.0. The first-order chi connectivity index (χ1) is 15.4. The molecule has 0 aliphatic heterocycles. The van der Waals surface area contributed by atoms with E-state index in [1.165, 1.54) is 16.7 Å². The Morgan fingerprint density at radius 1 is 1.03 bits per heavy atom. The molecule has 0 atom stereocenters. The summed E-state index contributed by atoms with van der Waals surface area (Å²) in [4.78, 5) is 12.7. The molecule has 0 spiro atoms. The van der Waals surface area contributed by atoms with Crippen LogP contribution in [-0.2, 0) is 17.6 Å². The molecule has 0 fully saturated rings. The van der Waals surface area contributed by atoms with Crippen LogP contribution < -0.4 is 10.1 Å². The smallest absolute Gasteiger partial charge is 0.266 e. The second-order valence-corrected chi connectivity index (χ2v) is 7.88. The Bertz CT molecular complexity index is 1180. The second kappa shape index (κ2) is 10.5. The minimum absolute atomic E-state index is 0.0417. The third-order valence-corrected chi connectivity index (χ3v) is 5.31. The van der Waals surface area contributed by atoms with E-state index in [9.17, 15) is 10.1 Å². The summed E-state index contributed by atoms with van der Waals surface area (Å²) in [6.07, 6.45) is 3.13. The van der Waals surface area contributed by atoms with Crippen LogP contribution in [-0.4, -0.2) is 13.0 Å².